The molecule has 0 saturated heterocycles. The Balaban J connectivity index is 1.94. The van der Waals surface area contributed by atoms with Gasteiger partial charge in [0.2, 0.25) is 0 Å². The van der Waals surface area contributed by atoms with Crippen molar-refractivity contribution in [2.75, 3.05) is 0 Å². The molecule has 3 nitrogen and oxygen atoms in total. The maximum Gasteiger partial charge on any atom is 0.170 e. The molecule has 1 N–H and O–H groups in total. The molecule has 1 aromatic heterocycles. The van der Waals surface area contributed by atoms with Crippen molar-refractivity contribution in [1.29, 1.82) is 0 Å². The van der Waals surface area contributed by atoms with Crippen LogP contribution in [-0.4, -0.2) is 0 Å². The minimum absolute atomic E-state index is 0.854. The number of para-hydroxylation sites is 1. The second kappa shape index (κ2) is 3.92. The Hall–Kier alpha value is -2.68. The minimum atomic E-state index is 0.854. The Kier molecular flexibility index (Phi) is 2.12. The fourth-order valence-electron chi connectivity index (χ4n) is 2.38. The highest BCUT2D eigenvalue weighted by Crippen LogP contribution is 2.36. The summed E-state index contributed by atoms with van der Waals surface area (Å²) in [7, 11) is 0. The van der Waals surface area contributed by atoms with Crippen molar-refractivity contribution in [1.82, 2.24) is 5.48 Å². The molecule has 0 atom stereocenters. The first-order valence-corrected chi connectivity index (χ1v) is 6.11. The predicted molar refractivity (Wildman–Crippen MR) is 74.4 cm³/mol. The Morgan fingerprint density at radius 2 is 2.00 bits per heavy atom. The van der Waals surface area contributed by atoms with Gasteiger partial charge in [-0.3, -0.25) is 0 Å². The van der Waals surface area contributed by atoms with E-state index in [0.29, 0.717) is 0 Å². The first-order chi connectivity index (χ1) is 9.42. The Labute approximate surface area is 110 Å². The number of hydroxylamine groups is 1. The summed E-state index contributed by atoms with van der Waals surface area (Å²) in [5, 5.41) is 1.09. The van der Waals surface area contributed by atoms with Gasteiger partial charge in [0.1, 0.15) is 5.58 Å². The van der Waals surface area contributed by atoms with E-state index in [4.69, 9.17) is 9.25 Å². The predicted octanol–water partition coefficient (Wildman–Crippen LogP) is 3.97. The van der Waals surface area contributed by atoms with E-state index in [2.05, 4.69) is 17.6 Å². The lowest BCUT2D eigenvalue weighted by molar-refractivity contribution is 0.240. The van der Waals surface area contributed by atoms with E-state index in [1.54, 1.807) is 12.5 Å². The number of nitrogens with one attached hydrogen (secondary N) is 1. The van der Waals surface area contributed by atoms with Gasteiger partial charge < -0.3 is 9.25 Å². The zero-order valence-electron chi connectivity index (χ0n) is 10.1. The van der Waals surface area contributed by atoms with Gasteiger partial charge in [-0.05, 0) is 29.8 Å². The average Bonchev–Trinajstić information content (AvgIpc) is 2.94. The monoisotopic (exact) mass is 249 g/mol. The standard InChI is InChI=1S/C16H11NO2/c1-2-11-6-8-17-19-16(11)14(3-1)12-4-5-15-13(10-12)7-9-18-15/h1-10,17H. The molecule has 0 amide bonds. The molecule has 19 heavy (non-hydrogen) atoms. The highest BCUT2D eigenvalue weighted by atomic mass is 16.6. The molecule has 2 aromatic carbocycles. The molecule has 3 heteroatoms. The van der Waals surface area contributed by atoms with Crippen molar-refractivity contribution in [2.45, 2.75) is 0 Å². The number of furan rings is 1. The lowest BCUT2D eigenvalue weighted by Crippen LogP contribution is -2.14. The van der Waals surface area contributed by atoms with E-state index in [-0.39, 0.29) is 0 Å². The van der Waals surface area contributed by atoms with Crippen LogP contribution in [0.5, 0.6) is 5.75 Å². The van der Waals surface area contributed by atoms with Gasteiger partial charge in [0.05, 0.1) is 6.26 Å². The topological polar surface area (TPSA) is 34.4 Å². The summed E-state index contributed by atoms with van der Waals surface area (Å²) in [5.74, 6) is 0.854. The van der Waals surface area contributed by atoms with Crippen molar-refractivity contribution >= 4 is 17.0 Å². The number of hydrogen-bond acceptors (Lipinski definition) is 3. The maximum absolute atomic E-state index is 5.54. The highest BCUT2D eigenvalue weighted by molar-refractivity contribution is 5.86. The average molecular weight is 249 g/mol. The second-order valence-electron chi connectivity index (χ2n) is 4.45. The number of hydrogen-bond donors (Lipinski definition) is 1. The van der Waals surface area contributed by atoms with Gasteiger partial charge in [-0.1, -0.05) is 24.3 Å². The lowest BCUT2D eigenvalue weighted by Gasteiger charge is -2.16. The van der Waals surface area contributed by atoms with E-state index in [0.717, 1.165) is 33.4 Å². The highest BCUT2D eigenvalue weighted by Gasteiger charge is 2.13. The van der Waals surface area contributed by atoms with Crippen LogP contribution in [0.4, 0.5) is 0 Å². The summed E-state index contributed by atoms with van der Waals surface area (Å²) >= 11 is 0. The third-order valence-electron chi connectivity index (χ3n) is 3.30. The van der Waals surface area contributed by atoms with E-state index in [9.17, 15) is 0 Å². The van der Waals surface area contributed by atoms with Crippen molar-refractivity contribution in [3.63, 3.8) is 0 Å². The molecule has 0 unspecified atom stereocenters. The number of fused-ring (bicyclic) bond motifs is 2. The summed E-state index contributed by atoms with van der Waals surface area (Å²) in [6.07, 6.45) is 5.49. The summed E-state index contributed by atoms with van der Waals surface area (Å²) in [6, 6.07) is 14.2. The van der Waals surface area contributed by atoms with E-state index in [1.807, 2.05) is 36.4 Å². The van der Waals surface area contributed by atoms with Crippen LogP contribution in [0.25, 0.3) is 28.2 Å². The number of benzene rings is 2. The Morgan fingerprint density at radius 1 is 1.00 bits per heavy atom. The van der Waals surface area contributed by atoms with Gasteiger partial charge in [-0.15, -0.1) is 0 Å². The fourth-order valence-corrected chi connectivity index (χ4v) is 2.38. The van der Waals surface area contributed by atoms with Crippen LogP contribution >= 0.6 is 0 Å². The second-order valence-corrected chi connectivity index (χ2v) is 4.45. The summed E-state index contributed by atoms with van der Waals surface area (Å²) in [6.45, 7) is 0. The third-order valence-corrected chi connectivity index (χ3v) is 3.30. The van der Waals surface area contributed by atoms with Crippen LogP contribution in [0.1, 0.15) is 5.56 Å². The molecule has 0 spiro atoms. The number of rotatable bonds is 1. The Bertz CT molecular complexity index is 786. The van der Waals surface area contributed by atoms with Crippen LogP contribution in [0.3, 0.4) is 0 Å². The van der Waals surface area contributed by atoms with Gasteiger partial charge >= 0.3 is 0 Å². The molecule has 0 fully saturated rings. The fraction of sp³-hybridized carbons (Fsp3) is 0. The van der Waals surface area contributed by atoms with Crippen LogP contribution in [0.2, 0.25) is 0 Å². The van der Waals surface area contributed by atoms with E-state index >= 15 is 0 Å². The van der Waals surface area contributed by atoms with Crippen molar-refractivity contribution < 1.29 is 9.25 Å². The van der Waals surface area contributed by atoms with Gasteiger partial charge in [0, 0.05) is 22.7 Å². The van der Waals surface area contributed by atoms with Crippen LogP contribution in [-0.2, 0) is 0 Å². The van der Waals surface area contributed by atoms with E-state index < -0.39 is 0 Å². The molecular formula is C16H11NO2. The van der Waals surface area contributed by atoms with Crippen LogP contribution in [0.15, 0.2) is 59.3 Å². The first kappa shape index (κ1) is 10.3. The van der Waals surface area contributed by atoms with Gasteiger partial charge in [-0.2, -0.15) is 0 Å². The summed E-state index contributed by atoms with van der Waals surface area (Å²) in [4.78, 5) is 5.54. The molecule has 1 aliphatic heterocycles. The molecular weight excluding hydrogens is 238 g/mol. The Morgan fingerprint density at radius 3 is 3.00 bits per heavy atom. The first-order valence-electron chi connectivity index (χ1n) is 6.11. The molecule has 0 saturated carbocycles. The largest absolute Gasteiger partial charge is 0.464 e. The van der Waals surface area contributed by atoms with Gasteiger partial charge in [0.15, 0.2) is 5.75 Å². The molecule has 0 aliphatic carbocycles. The molecule has 2 heterocycles. The maximum atomic E-state index is 5.54. The molecule has 0 bridgehead atoms. The molecule has 0 radical (unpaired) electrons. The lowest BCUT2D eigenvalue weighted by atomic mass is 10.00. The third kappa shape index (κ3) is 1.59. The quantitative estimate of drug-likeness (QED) is 0.708. The van der Waals surface area contributed by atoms with Crippen LogP contribution < -0.4 is 10.3 Å². The van der Waals surface area contributed by atoms with Crippen molar-refractivity contribution in [3.05, 3.63) is 60.5 Å². The zero-order chi connectivity index (χ0) is 12.7. The zero-order valence-corrected chi connectivity index (χ0v) is 10.1. The summed E-state index contributed by atoms with van der Waals surface area (Å²) in [5.41, 5.74) is 6.93. The van der Waals surface area contributed by atoms with Gasteiger partial charge in [-0.25, -0.2) is 5.48 Å². The smallest absolute Gasteiger partial charge is 0.170 e. The van der Waals surface area contributed by atoms with Gasteiger partial charge in [0.25, 0.3) is 0 Å². The molecule has 4 rings (SSSR count). The summed E-state index contributed by atoms with van der Waals surface area (Å²) < 4.78 is 5.37. The SMILES string of the molecule is C1=Cc2cccc(-c3ccc4occc4c3)c2ON1. The molecule has 1 aliphatic rings. The van der Waals surface area contributed by atoms with E-state index in [1.165, 1.54) is 0 Å². The molecule has 92 valence electrons. The molecule has 3 aromatic rings. The van der Waals surface area contributed by atoms with Crippen molar-refractivity contribution in [2.24, 2.45) is 0 Å². The normalized spacial score (nSPS) is 12.8. The minimum Gasteiger partial charge on any atom is -0.464 e. The van der Waals surface area contributed by atoms with Crippen LogP contribution in [0, 0.1) is 0 Å². The van der Waals surface area contributed by atoms with Crippen molar-refractivity contribution in [3.8, 4) is 16.9 Å².